The molecule has 1 fully saturated rings. The normalized spacial score (nSPS) is 32.8. The second-order valence-corrected chi connectivity index (χ2v) is 5.04. The number of piperidine rings is 1. The van der Waals surface area contributed by atoms with Crippen LogP contribution < -0.4 is 0 Å². The van der Waals surface area contributed by atoms with Crippen LogP contribution in [0.3, 0.4) is 0 Å². The minimum Gasteiger partial charge on any atom is -0.375 e. The monoisotopic (exact) mass is 283 g/mol. The first-order valence-electron chi connectivity index (χ1n) is 4.67. The topological polar surface area (TPSA) is 12.5 Å². The first kappa shape index (κ1) is 10.7. The predicted octanol–water partition coefficient (Wildman–Crippen LogP) is 2.61. The smallest absolute Gasteiger partial charge is 0.0606 e. The Labute approximate surface area is 89.1 Å². The van der Waals surface area contributed by atoms with Crippen molar-refractivity contribution in [2.24, 2.45) is 0 Å². The molecule has 0 spiro atoms. The summed E-state index contributed by atoms with van der Waals surface area (Å²) in [7, 11) is 0. The summed E-state index contributed by atoms with van der Waals surface area (Å²) < 4.78 is 8.15. The van der Waals surface area contributed by atoms with Gasteiger partial charge in [0.05, 0.1) is 12.2 Å². The van der Waals surface area contributed by atoms with Crippen LogP contribution in [0.1, 0.15) is 33.6 Å². The molecule has 0 unspecified atom stereocenters. The molecule has 0 aromatic rings. The first-order chi connectivity index (χ1) is 5.59. The molecule has 1 heterocycles. The number of halogens is 1. The second kappa shape index (κ2) is 4.77. The van der Waals surface area contributed by atoms with Crippen molar-refractivity contribution in [3.05, 3.63) is 0 Å². The molecule has 2 atom stereocenters. The van der Waals surface area contributed by atoms with Crippen molar-refractivity contribution in [1.29, 1.82) is 0 Å². The van der Waals surface area contributed by atoms with Gasteiger partial charge in [-0.2, -0.15) is 0 Å². The number of hydrogen-bond acceptors (Lipinski definition) is 2. The zero-order valence-corrected chi connectivity index (χ0v) is 10.2. The average Bonchev–Trinajstić information content (AvgIpc) is 1.96. The SMILES string of the molecule is CC(C)O[C@@H]1CCN(I)[C@@H](C)C1. The van der Waals surface area contributed by atoms with Gasteiger partial charge in [-0.3, -0.25) is 0 Å². The van der Waals surface area contributed by atoms with E-state index in [4.69, 9.17) is 4.74 Å². The molecule has 0 amide bonds. The van der Waals surface area contributed by atoms with E-state index in [1.165, 1.54) is 19.4 Å². The predicted molar refractivity (Wildman–Crippen MR) is 59.4 cm³/mol. The van der Waals surface area contributed by atoms with Gasteiger partial charge in [0, 0.05) is 35.5 Å². The fraction of sp³-hybridized carbons (Fsp3) is 1.00. The van der Waals surface area contributed by atoms with Crippen molar-refractivity contribution in [2.45, 2.75) is 51.9 Å². The Bertz CT molecular complexity index is 140. The van der Waals surface area contributed by atoms with Gasteiger partial charge in [0.25, 0.3) is 0 Å². The molecule has 0 aromatic carbocycles. The number of nitrogens with zero attached hydrogens (tertiary/aromatic N) is 1. The zero-order chi connectivity index (χ0) is 9.14. The first-order valence-corrected chi connectivity index (χ1v) is 5.64. The highest BCUT2D eigenvalue weighted by Crippen LogP contribution is 2.23. The Morgan fingerprint density at radius 2 is 2.17 bits per heavy atom. The summed E-state index contributed by atoms with van der Waals surface area (Å²) in [5, 5.41) is 0. The van der Waals surface area contributed by atoms with Gasteiger partial charge in [-0.15, -0.1) is 0 Å². The molecule has 0 N–H and O–H groups in total. The third-order valence-corrected chi connectivity index (χ3v) is 3.64. The van der Waals surface area contributed by atoms with Crippen molar-refractivity contribution < 1.29 is 4.74 Å². The van der Waals surface area contributed by atoms with Crippen molar-refractivity contribution in [3.63, 3.8) is 0 Å². The molecule has 0 saturated carbocycles. The molecule has 72 valence electrons. The van der Waals surface area contributed by atoms with E-state index >= 15 is 0 Å². The van der Waals surface area contributed by atoms with Crippen molar-refractivity contribution in [3.8, 4) is 0 Å². The van der Waals surface area contributed by atoms with Crippen LogP contribution in [0.15, 0.2) is 0 Å². The maximum absolute atomic E-state index is 5.78. The van der Waals surface area contributed by atoms with E-state index in [1.807, 2.05) is 0 Å². The van der Waals surface area contributed by atoms with Gasteiger partial charge in [0.15, 0.2) is 0 Å². The van der Waals surface area contributed by atoms with Gasteiger partial charge in [-0.1, -0.05) is 0 Å². The maximum Gasteiger partial charge on any atom is 0.0606 e. The van der Waals surface area contributed by atoms with Crippen molar-refractivity contribution in [1.82, 2.24) is 3.11 Å². The molecule has 1 rings (SSSR count). The highest BCUT2D eigenvalue weighted by molar-refractivity contribution is 14.1. The summed E-state index contributed by atoms with van der Waals surface area (Å²) in [6.07, 6.45) is 3.24. The molecular weight excluding hydrogens is 265 g/mol. The zero-order valence-electron chi connectivity index (χ0n) is 8.09. The fourth-order valence-corrected chi connectivity index (χ4v) is 2.11. The van der Waals surface area contributed by atoms with Crippen LogP contribution in [0.5, 0.6) is 0 Å². The molecule has 0 bridgehead atoms. The van der Waals surface area contributed by atoms with Crippen LogP contribution in [-0.2, 0) is 4.74 Å². The molecule has 1 saturated heterocycles. The Kier molecular flexibility index (Phi) is 4.26. The number of rotatable bonds is 2. The Morgan fingerprint density at radius 3 is 2.67 bits per heavy atom. The van der Waals surface area contributed by atoms with Gasteiger partial charge in [0.2, 0.25) is 0 Å². The highest BCUT2D eigenvalue weighted by atomic mass is 127. The van der Waals surface area contributed by atoms with Crippen molar-refractivity contribution >= 4 is 22.9 Å². The summed E-state index contributed by atoms with van der Waals surface area (Å²) in [6.45, 7) is 7.66. The Balaban J connectivity index is 2.30. The summed E-state index contributed by atoms with van der Waals surface area (Å²) >= 11 is 2.40. The van der Waals surface area contributed by atoms with Crippen LogP contribution in [-0.4, -0.2) is 27.9 Å². The van der Waals surface area contributed by atoms with E-state index in [2.05, 4.69) is 46.7 Å². The lowest BCUT2D eigenvalue weighted by molar-refractivity contribution is -0.0238. The largest absolute Gasteiger partial charge is 0.375 e. The average molecular weight is 283 g/mol. The van der Waals surface area contributed by atoms with E-state index in [-0.39, 0.29) is 0 Å². The van der Waals surface area contributed by atoms with E-state index in [0.717, 1.165) is 0 Å². The summed E-state index contributed by atoms with van der Waals surface area (Å²) in [6, 6.07) is 0.670. The number of hydrogen-bond donors (Lipinski definition) is 0. The number of ether oxygens (including phenoxy) is 1. The van der Waals surface area contributed by atoms with Crippen LogP contribution in [0.25, 0.3) is 0 Å². The van der Waals surface area contributed by atoms with Crippen LogP contribution >= 0.6 is 22.9 Å². The van der Waals surface area contributed by atoms with Crippen LogP contribution in [0.4, 0.5) is 0 Å². The molecular formula is C9H18INO. The third-order valence-electron chi connectivity index (χ3n) is 2.21. The van der Waals surface area contributed by atoms with Crippen LogP contribution in [0.2, 0.25) is 0 Å². The maximum atomic E-state index is 5.78. The lowest BCUT2D eigenvalue weighted by Gasteiger charge is -2.34. The molecule has 0 aliphatic carbocycles. The highest BCUT2D eigenvalue weighted by Gasteiger charge is 2.24. The van der Waals surface area contributed by atoms with E-state index in [1.54, 1.807) is 0 Å². The lowest BCUT2D eigenvalue weighted by Crippen LogP contribution is -2.38. The molecule has 0 radical (unpaired) electrons. The minimum absolute atomic E-state index is 0.378. The summed E-state index contributed by atoms with van der Waals surface area (Å²) in [4.78, 5) is 0. The quantitative estimate of drug-likeness (QED) is 0.570. The van der Waals surface area contributed by atoms with Gasteiger partial charge < -0.3 is 4.74 Å². The Morgan fingerprint density at radius 1 is 1.50 bits per heavy atom. The van der Waals surface area contributed by atoms with Gasteiger partial charge >= 0.3 is 0 Å². The van der Waals surface area contributed by atoms with E-state index < -0.39 is 0 Å². The van der Waals surface area contributed by atoms with Crippen molar-refractivity contribution in [2.75, 3.05) is 6.54 Å². The van der Waals surface area contributed by atoms with Gasteiger partial charge in [0.1, 0.15) is 0 Å². The standard InChI is InChI=1S/C9H18INO/c1-7(2)12-9-4-5-11(10)8(3)6-9/h7-9H,4-6H2,1-3H3/t8-,9+/m0/s1. The van der Waals surface area contributed by atoms with Gasteiger partial charge in [-0.05, 0) is 33.6 Å². The molecule has 2 nitrogen and oxygen atoms in total. The minimum atomic E-state index is 0.378. The second-order valence-electron chi connectivity index (χ2n) is 3.80. The third kappa shape index (κ3) is 3.18. The molecule has 1 aliphatic heterocycles. The Hall–Kier alpha value is 0.650. The van der Waals surface area contributed by atoms with E-state index in [9.17, 15) is 0 Å². The molecule has 1 aliphatic rings. The summed E-state index contributed by atoms with van der Waals surface area (Å²) in [5.74, 6) is 0. The van der Waals surface area contributed by atoms with Gasteiger partial charge in [-0.25, -0.2) is 3.11 Å². The van der Waals surface area contributed by atoms with E-state index in [0.29, 0.717) is 18.2 Å². The fourth-order valence-electron chi connectivity index (χ4n) is 1.61. The summed E-state index contributed by atoms with van der Waals surface area (Å²) in [5.41, 5.74) is 0. The van der Waals surface area contributed by atoms with Crippen LogP contribution in [0, 0.1) is 0 Å². The molecule has 3 heteroatoms. The molecule has 12 heavy (non-hydrogen) atoms. The molecule has 0 aromatic heterocycles. The lowest BCUT2D eigenvalue weighted by atomic mass is 10.0.